The maximum absolute atomic E-state index is 5.19. The standard InChI is InChI=1S/C14H20/c1-2-3-4-5-6-7-8-11-14-12-9-10-13-14/h1,9-10,12H,3-8,11,13H2. The maximum Gasteiger partial charge on any atom is 0.00860 e. The lowest BCUT2D eigenvalue weighted by atomic mass is 10.0. The van der Waals surface area contributed by atoms with Crippen LogP contribution in [-0.2, 0) is 0 Å². The van der Waals surface area contributed by atoms with Crippen LogP contribution in [0.15, 0.2) is 23.8 Å². The molecule has 1 rings (SSSR count). The lowest BCUT2D eigenvalue weighted by Crippen LogP contribution is -1.82. The van der Waals surface area contributed by atoms with E-state index >= 15 is 0 Å². The highest BCUT2D eigenvalue weighted by Crippen LogP contribution is 2.18. The summed E-state index contributed by atoms with van der Waals surface area (Å²) in [5.41, 5.74) is 1.61. The molecule has 0 amide bonds. The van der Waals surface area contributed by atoms with Gasteiger partial charge in [-0.3, -0.25) is 0 Å². The van der Waals surface area contributed by atoms with Crippen LogP contribution in [0.4, 0.5) is 0 Å². The minimum Gasteiger partial charge on any atom is -0.120 e. The molecule has 14 heavy (non-hydrogen) atoms. The van der Waals surface area contributed by atoms with Crippen LogP contribution in [0.2, 0.25) is 0 Å². The van der Waals surface area contributed by atoms with Crippen molar-refractivity contribution in [2.45, 2.75) is 51.4 Å². The van der Waals surface area contributed by atoms with Crippen molar-refractivity contribution in [3.05, 3.63) is 23.8 Å². The molecule has 0 nitrogen and oxygen atoms in total. The van der Waals surface area contributed by atoms with Crippen LogP contribution in [-0.4, -0.2) is 0 Å². The molecule has 0 aromatic carbocycles. The SMILES string of the molecule is C#CCCCCCCCC1=CC=CC1. The van der Waals surface area contributed by atoms with Gasteiger partial charge in [-0.15, -0.1) is 12.3 Å². The second-order valence-corrected chi connectivity index (χ2v) is 3.93. The Balaban J connectivity index is 1.83. The highest BCUT2D eigenvalue weighted by molar-refractivity contribution is 5.22. The van der Waals surface area contributed by atoms with Crippen LogP contribution in [0.3, 0.4) is 0 Å². The van der Waals surface area contributed by atoms with Crippen molar-refractivity contribution in [2.24, 2.45) is 0 Å². The summed E-state index contributed by atoms with van der Waals surface area (Å²) in [6.07, 6.45) is 21.9. The summed E-state index contributed by atoms with van der Waals surface area (Å²) in [7, 11) is 0. The molecular formula is C14H20. The molecule has 0 aromatic heterocycles. The Morgan fingerprint density at radius 3 is 2.64 bits per heavy atom. The van der Waals surface area contributed by atoms with Gasteiger partial charge in [0, 0.05) is 6.42 Å². The van der Waals surface area contributed by atoms with Crippen LogP contribution in [0.5, 0.6) is 0 Å². The summed E-state index contributed by atoms with van der Waals surface area (Å²) in [5.74, 6) is 2.69. The van der Waals surface area contributed by atoms with Gasteiger partial charge in [-0.1, -0.05) is 43.1 Å². The summed E-state index contributed by atoms with van der Waals surface area (Å²) in [6, 6.07) is 0. The monoisotopic (exact) mass is 188 g/mol. The number of terminal acetylenes is 1. The van der Waals surface area contributed by atoms with Crippen molar-refractivity contribution in [3.63, 3.8) is 0 Å². The number of unbranched alkanes of at least 4 members (excludes halogenated alkanes) is 5. The molecule has 0 N–H and O–H groups in total. The predicted molar refractivity (Wildman–Crippen MR) is 63.0 cm³/mol. The molecule has 0 atom stereocenters. The zero-order valence-corrected chi connectivity index (χ0v) is 8.97. The Hall–Kier alpha value is -0.960. The topological polar surface area (TPSA) is 0 Å². The fraction of sp³-hybridized carbons (Fsp3) is 0.571. The van der Waals surface area contributed by atoms with Crippen molar-refractivity contribution >= 4 is 0 Å². The van der Waals surface area contributed by atoms with Gasteiger partial charge in [0.2, 0.25) is 0 Å². The summed E-state index contributed by atoms with van der Waals surface area (Å²) >= 11 is 0. The van der Waals surface area contributed by atoms with Gasteiger partial charge >= 0.3 is 0 Å². The summed E-state index contributed by atoms with van der Waals surface area (Å²) in [4.78, 5) is 0. The molecular weight excluding hydrogens is 168 g/mol. The van der Waals surface area contributed by atoms with Crippen molar-refractivity contribution in [3.8, 4) is 12.3 Å². The molecule has 0 aromatic rings. The minimum atomic E-state index is 0.953. The van der Waals surface area contributed by atoms with E-state index in [-0.39, 0.29) is 0 Å². The fourth-order valence-electron chi connectivity index (χ4n) is 1.79. The Labute approximate surface area is 88.1 Å². The number of hydrogen-bond donors (Lipinski definition) is 0. The Kier molecular flexibility index (Phi) is 5.91. The molecule has 0 bridgehead atoms. The van der Waals surface area contributed by atoms with Crippen molar-refractivity contribution in [1.82, 2.24) is 0 Å². The van der Waals surface area contributed by atoms with Crippen LogP contribution in [0.1, 0.15) is 51.4 Å². The van der Waals surface area contributed by atoms with E-state index in [0.29, 0.717) is 0 Å². The highest BCUT2D eigenvalue weighted by Gasteiger charge is 1.98. The molecule has 0 spiro atoms. The summed E-state index contributed by atoms with van der Waals surface area (Å²) in [5, 5.41) is 0. The van der Waals surface area contributed by atoms with Gasteiger partial charge in [0.05, 0.1) is 0 Å². The zero-order valence-electron chi connectivity index (χ0n) is 8.97. The van der Waals surface area contributed by atoms with Crippen LogP contribution in [0.25, 0.3) is 0 Å². The van der Waals surface area contributed by atoms with Gasteiger partial charge < -0.3 is 0 Å². The number of allylic oxidation sites excluding steroid dienone is 4. The molecule has 0 saturated carbocycles. The largest absolute Gasteiger partial charge is 0.120 e. The van der Waals surface area contributed by atoms with Gasteiger partial charge in [-0.05, 0) is 25.7 Å². The van der Waals surface area contributed by atoms with E-state index in [9.17, 15) is 0 Å². The van der Waals surface area contributed by atoms with E-state index in [2.05, 4.69) is 24.1 Å². The van der Waals surface area contributed by atoms with Crippen molar-refractivity contribution < 1.29 is 0 Å². The highest BCUT2D eigenvalue weighted by atomic mass is 14.0. The quantitative estimate of drug-likeness (QED) is 0.414. The van der Waals surface area contributed by atoms with Crippen LogP contribution < -0.4 is 0 Å². The molecule has 0 saturated heterocycles. The Morgan fingerprint density at radius 2 is 1.93 bits per heavy atom. The predicted octanol–water partition coefficient (Wildman–Crippen LogP) is 4.24. The van der Waals surface area contributed by atoms with E-state index < -0.39 is 0 Å². The molecule has 0 unspecified atom stereocenters. The first-order valence-electron chi connectivity index (χ1n) is 5.71. The summed E-state index contributed by atoms with van der Waals surface area (Å²) in [6.45, 7) is 0. The lowest BCUT2D eigenvalue weighted by Gasteiger charge is -2.01. The Morgan fingerprint density at radius 1 is 1.14 bits per heavy atom. The molecule has 0 aliphatic heterocycles. The third-order valence-corrected chi connectivity index (χ3v) is 2.67. The van der Waals surface area contributed by atoms with Gasteiger partial charge in [0.1, 0.15) is 0 Å². The smallest absolute Gasteiger partial charge is 0.00860 e. The molecule has 1 aliphatic carbocycles. The van der Waals surface area contributed by atoms with E-state index in [4.69, 9.17) is 6.42 Å². The second-order valence-electron chi connectivity index (χ2n) is 3.93. The van der Waals surface area contributed by atoms with Gasteiger partial charge in [-0.25, -0.2) is 0 Å². The fourth-order valence-corrected chi connectivity index (χ4v) is 1.79. The van der Waals surface area contributed by atoms with E-state index in [1.165, 1.54) is 44.9 Å². The van der Waals surface area contributed by atoms with Crippen LogP contribution >= 0.6 is 0 Å². The molecule has 76 valence electrons. The first-order valence-corrected chi connectivity index (χ1v) is 5.71. The normalized spacial score (nSPS) is 14.1. The molecule has 0 heterocycles. The number of hydrogen-bond acceptors (Lipinski definition) is 0. The maximum atomic E-state index is 5.19. The third-order valence-electron chi connectivity index (χ3n) is 2.67. The van der Waals surface area contributed by atoms with Gasteiger partial charge in [-0.2, -0.15) is 0 Å². The molecule has 0 heteroatoms. The lowest BCUT2D eigenvalue weighted by molar-refractivity contribution is 0.617. The Bertz CT molecular complexity index is 237. The van der Waals surface area contributed by atoms with Crippen molar-refractivity contribution in [2.75, 3.05) is 0 Å². The molecule has 0 radical (unpaired) electrons. The molecule has 1 aliphatic rings. The third kappa shape index (κ3) is 4.92. The summed E-state index contributed by atoms with van der Waals surface area (Å²) < 4.78 is 0. The molecule has 0 fully saturated rings. The zero-order chi connectivity index (χ0) is 10.1. The van der Waals surface area contributed by atoms with Crippen molar-refractivity contribution in [1.29, 1.82) is 0 Å². The van der Waals surface area contributed by atoms with E-state index in [1.807, 2.05) is 0 Å². The average Bonchev–Trinajstić information content (AvgIpc) is 2.69. The van der Waals surface area contributed by atoms with E-state index in [0.717, 1.165) is 6.42 Å². The number of rotatable bonds is 7. The first-order chi connectivity index (χ1) is 6.93. The van der Waals surface area contributed by atoms with Gasteiger partial charge in [0.15, 0.2) is 0 Å². The van der Waals surface area contributed by atoms with Crippen LogP contribution in [0, 0.1) is 12.3 Å². The van der Waals surface area contributed by atoms with Gasteiger partial charge in [0.25, 0.3) is 0 Å². The minimum absolute atomic E-state index is 0.953. The van der Waals surface area contributed by atoms with E-state index in [1.54, 1.807) is 5.57 Å². The first kappa shape index (κ1) is 11.1. The average molecular weight is 188 g/mol. The second kappa shape index (κ2) is 7.44.